The van der Waals surface area contributed by atoms with Crippen molar-refractivity contribution < 1.29 is 22.7 Å². The van der Waals surface area contributed by atoms with E-state index in [-0.39, 0.29) is 18.0 Å². The number of hydrogen-bond donors (Lipinski definition) is 1. The highest BCUT2D eigenvalue weighted by Gasteiger charge is 2.50. The molecule has 5 nitrogen and oxygen atoms in total. The molecule has 0 aromatic heterocycles. The Morgan fingerprint density at radius 1 is 1.33 bits per heavy atom. The van der Waals surface area contributed by atoms with E-state index in [1.54, 1.807) is 0 Å². The van der Waals surface area contributed by atoms with Gasteiger partial charge in [-0.3, -0.25) is 4.79 Å². The summed E-state index contributed by atoms with van der Waals surface area (Å²) in [5.41, 5.74) is -1.03. The van der Waals surface area contributed by atoms with Gasteiger partial charge in [0.1, 0.15) is 5.82 Å². The summed E-state index contributed by atoms with van der Waals surface area (Å²) >= 11 is 0. The molecule has 0 atom stereocenters. The Labute approximate surface area is 104 Å². The first-order chi connectivity index (χ1) is 8.25. The number of carbonyl (C=O) groups is 1. The quantitative estimate of drug-likeness (QED) is 0.888. The maximum absolute atomic E-state index is 12.7. The minimum Gasteiger partial charge on any atom is -0.481 e. The van der Waals surface area contributed by atoms with Gasteiger partial charge in [-0.15, -0.1) is 0 Å². The zero-order valence-electron chi connectivity index (χ0n) is 9.63. The van der Waals surface area contributed by atoms with Crippen LogP contribution in [0.3, 0.4) is 0 Å². The summed E-state index contributed by atoms with van der Waals surface area (Å²) < 4.78 is 37.9. The van der Waals surface area contributed by atoms with Crippen molar-refractivity contribution in [2.24, 2.45) is 5.41 Å². The second-order valence-electron chi connectivity index (χ2n) is 4.59. The molecule has 0 radical (unpaired) electrons. The molecule has 0 aliphatic carbocycles. The third-order valence-corrected chi connectivity index (χ3v) is 4.82. The first-order valence-corrected chi connectivity index (χ1v) is 6.69. The monoisotopic (exact) mass is 273 g/mol. The Hall–Kier alpha value is -1.47. The molecule has 18 heavy (non-hydrogen) atoms. The van der Waals surface area contributed by atoms with Crippen LogP contribution in [0.2, 0.25) is 0 Å². The van der Waals surface area contributed by atoms with E-state index < -0.39 is 27.2 Å². The molecule has 1 N–H and O–H groups in total. The van der Waals surface area contributed by atoms with Crippen molar-refractivity contribution in [2.75, 3.05) is 13.1 Å². The van der Waals surface area contributed by atoms with Gasteiger partial charge in [-0.1, -0.05) is 0 Å². The van der Waals surface area contributed by atoms with E-state index in [0.717, 1.165) is 16.4 Å². The van der Waals surface area contributed by atoms with Crippen molar-refractivity contribution >= 4 is 16.0 Å². The average molecular weight is 273 g/mol. The molecule has 0 amide bonds. The minimum atomic E-state index is -3.72. The van der Waals surface area contributed by atoms with Crippen LogP contribution in [0.5, 0.6) is 0 Å². The van der Waals surface area contributed by atoms with Gasteiger partial charge in [0.2, 0.25) is 10.0 Å². The summed E-state index contributed by atoms with van der Waals surface area (Å²) in [4.78, 5) is 10.9. The molecule has 0 spiro atoms. The molecule has 2 rings (SSSR count). The smallest absolute Gasteiger partial charge is 0.312 e. The van der Waals surface area contributed by atoms with Crippen molar-refractivity contribution in [3.63, 3.8) is 0 Å². The van der Waals surface area contributed by atoms with Crippen molar-refractivity contribution in [2.45, 2.75) is 11.8 Å². The SMILES string of the molecule is CC1(C(=O)O)CN(S(=O)(=O)c2ccc(F)cc2)C1. The number of benzene rings is 1. The fourth-order valence-electron chi connectivity index (χ4n) is 1.79. The van der Waals surface area contributed by atoms with Crippen molar-refractivity contribution in [3.05, 3.63) is 30.1 Å². The average Bonchev–Trinajstić information content (AvgIpc) is 2.25. The lowest BCUT2D eigenvalue weighted by molar-refractivity contribution is -0.154. The van der Waals surface area contributed by atoms with E-state index >= 15 is 0 Å². The van der Waals surface area contributed by atoms with Crippen LogP contribution in [0.1, 0.15) is 6.92 Å². The number of sulfonamides is 1. The van der Waals surface area contributed by atoms with Gasteiger partial charge in [0.15, 0.2) is 0 Å². The molecule has 0 bridgehead atoms. The lowest BCUT2D eigenvalue weighted by Crippen LogP contribution is -2.60. The second-order valence-corrected chi connectivity index (χ2v) is 6.53. The summed E-state index contributed by atoms with van der Waals surface area (Å²) in [6.07, 6.45) is 0. The first kappa shape index (κ1) is 13.0. The maximum atomic E-state index is 12.7. The Morgan fingerprint density at radius 3 is 2.28 bits per heavy atom. The van der Waals surface area contributed by atoms with E-state index in [1.165, 1.54) is 19.1 Å². The van der Waals surface area contributed by atoms with Gasteiger partial charge in [-0.25, -0.2) is 12.8 Å². The number of carboxylic acid groups (broad SMARTS) is 1. The molecule has 1 aromatic rings. The topological polar surface area (TPSA) is 74.7 Å². The fourth-order valence-corrected chi connectivity index (χ4v) is 3.48. The Bertz CT molecular complexity index is 576. The number of aliphatic carboxylic acids is 1. The number of hydrogen-bond acceptors (Lipinski definition) is 3. The molecular formula is C11H12FNO4S. The fraction of sp³-hybridized carbons (Fsp3) is 0.364. The predicted octanol–water partition coefficient (Wildman–Crippen LogP) is 0.921. The van der Waals surface area contributed by atoms with Gasteiger partial charge < -0.3 is 5.11 Å². The van der Waals surface area contributed by atoms with Gasteiger partial charge in [0, 0.05) is 13.1 Å². The van der Waals surface area contributed by atoms with Gasteiger partial charge in [0.25, 0.3) is 0 Å². The molecule has 7 heteroatoms. The molecule has 0 unspecified atom stereocenters. The van der Waals surface area contributed by atoms with Gasteiger partial charge in [-0.05, 0) is 31.2 Å². The van der Waals surface area contributed by atoms with Crippen LogP contribution in [-0.2, 0) is 14.8 Å². The van der Waals surface area contributed by atoms with E-state index in [4.69, 9.17) is 5.11 Å². The number of rotatable bonds is 3. The lowest BCUT2D eigenvalue weighted by atomic mass is 9.84. The summed E-state index contributed by atoms with van der Waals surface area (Å²) in [7, 11) is -3.72. The summed E-state index contributed by atoms with van der Waals surface area (Å²) in [6, 6.07) is 4.45. The van der Waals surface area contributed by atoms with Gasteiger partial charge >= 0.3 is 5.97 Å². The number of halogens is 1. The highest BCUT2D eigenvalue weighted by atomic mass is 32.2. The van der Waals surface area contributed by atoms with E-state index in [0.29, 0.717) is 0 Å². The lowest BCUT2D eigenvalue weighted by Gasteiger charge is -2.43. The van der Waals surface area contributed by atoms with Crippen LogP contribution in [0.15, 0.2) is 29.2 Å². The Morgan fingerprint density at radius 2 is 1.83 bits per heavy atom. The first-order valence-electron chi connectivity index (χ1n) is 5.25. The highest BCUT2D eigenvalue weighted by Crippen LogP contribution is 2.34. The highest BCUT2D eigenvalue weighted by molar-refractivity contribution is 7.89. The summed E-state index contributed by atoms with van der Waals surface area (Å²) in [5.74, 6) is -1.54. The van der Waals surface area contributed by atoms with E-state index in [2.05, 4.69) is 0 Å². The zero-order valence-corrected chi connectivity index (χ0v) is 10.4. The van der Waals surface area contributed by atoms with E-state index in [1.807, 2.05) is 0 Å². The second kappa shape index (κ2) is 4.03. The van der Waals surface area contributed by atoms with Crippen molar-refractivity contribution in [1.29, 1.82) is 0 Å². The predicted molar refractivity (Wildman–Crippen MR) is 60.9 cm³/mol. The third-order valence-electron chi connectivity index (χ3n) is 3.02. The van der Waals surface area contributed by atoms with Gasteiger partial charge in [-0.2, -0.15) is 4.31 Å². The molecule has 1 aromatic carbocycles. The number of nitrogens with zero attached hydrogens (tertiary/aromatic N) is 1. The van der Waals surface area contributed by atoms with Gasteiger partial charge in [0.05, 0.1) is 10.3 Å². The normalized spacial score (nSPS) is 19.2. The molecule has 98 valence electrons. The van der Waals surface area contributed by atoms with Crippen molar-refractivity contribution in [3.8, 4) is 0 Å². The summed E-state index contributed by atoms with van der Waals surface area (Å²) in [5, 5.41) is 8.91. The van der Waals surface area contributed by atoms with Crippen LogP contribution < -0.4 is 0 Å². The minimum absolute atomic E-state index is 0.0312. The molecule has 1 heterocycles. The summed E-state index contributed by atoms with van der Waals surface area (Å²) in [6.45, 7) is 1.36. The molecular weight excluding hydrogens is 261 g/mol. The van der Waals surface area contributed by atoms with Crippen LogP contribution in [-0.4, -0.2) is 36.9 Å². The molecule has 1 aliphatic rings. The van der Waals surface area contributed by atoms with Crippen LogP contribution >= 0.6 is 0 Å². The van der Waals surface area contributed by atoms with Crippen molar-refractivity contribution in [1.82, 2.24) is 4.31 Å². The molecule has 0 saturated carbocycles. The molecule has 1 saturated heterocycles. The van der Waals surface area contributed by atoms with Crippen LogP contribution in [0.25, 0.3) is 0 Å². The Balaban J connectivity index is 2.20. The van der Waals surface area contributed by atoms with Crippen LogP contribution in [0, 0.1) is 11.2 Å². The zero-order chi connectivity index (χ0) is 13.6. The standard InChI is InChI=1S/C11H12FNO4S/c1-11(10(14)15)6-13(7-11)18(16,17)9-4-2-8(12)3-5-9/h2-5H,6-7H2,1H3,(H,14,15). The number of carboxylic acids is 1. The largest absolute Gasteiger partial charge is 0.481 e. The molecule has 1 fully saturated rings. The maximum Gasteiger partial charge on any atom is 0.312 e. The Kier molecular flexibility index (Phi) is 2.90. The van der Waals surface area contributed by atoms with E-state index in [9.17, 15) is 17.6 Å². The molecule has 1 aliphatic heterocycles. The third kappa shape index (κ3) is 1.99. The van der Waals surface area contributed by atoms with Crippen LogP contribution in [0.4, 0.5) is 4.39 Å².